The van der Waals surface area contributed by atoms with E-state index in [1.54, 1.807) is 61.5 Å². The topological polar surface area (TPSA) is 75.7 Å². The fraction of sp³-hybridized carbons (Fsp3) is 0.192. The maximum absolute atomic E-state index is 13.4. The summed E-state index contributed by atoms with van der Waals surface area (Å²) in [6.45, 7) is -0.117. The molecule has 2 amide bonds. The fourth-order valence-corrected chi connectivity index (χ4v) is 4.18. The maximum Gasteiger partial charge on any atom is 0.254 e. The van der Waals surface area contributed by atoms with Crippen molar-refractivity contribution in [2.75, 3.05) is 20.7 Å². The fourth-order valence-electron chi connectivity index (χ4n) is 4.18. The molecule has 3 aromatic carbocycles. The molecule has 162 valence electrons. The van der Waals surface area contributed by atoms with E-state index in [4.69, 9.17) is 4.74 Å². The largest absolute Gasteiger partial charge is 0.497 e. The first-order valence-electron chi connectivity index (χ1n) is 10.4. The van der Waals surface area contributed by atoms with Gasteiger partial charge >= 0.3 is 0 Å². The van der Waals surface area contributed by atoms with Crippen molar-refractivity contribution in [2.45, 2.75) is 12.0 Å². The highest BCUT2D eigenvalue weighted by Gasteiger charge is 2.42. The monoisotopic (exact) mass is 428 g/mol. The molecule has 0 saturated carbocycles. The van der Waals surface area contributed by atoms with Crippen molar-refractivity contribution in [3.63, 3.8) is 0 Å². The molecule has 0 aliphatic carbocycles. The number of amides is 2. The van der Waals surface area contributed by atoms with E-state index in [9.17, 15) is 14.4 Å². The molecule has 0 aromatic heterocycles. The maximum atomic E-state index is 13.4. The third-order valence-electron chi connectivity index (χ3n) is 5.84. The molecule has 0 fully saturated rings. The van der Waals surface area contributed by atoms with Crippen molar-refractivity contribution in [1.82, 2.24) is 10.2 Å². The van der Waals surface area contributed by atoms with E-state index in [1.807, 2.05) is 36.4 Å². The smallest absolute Gasteiger partial charge is 0.254 e. The molecule has 0 saturated heterocycles. The van der Waals surface area contributed by atoms with Gasteiger partial charge in [-0.3, -0.25) is 14.4 Å². The average molecular weight is 428 g/mol. The molecule has 6 nitrogen and oxygen atoms in total. The second-order valence-corrected chi connectivity index (χ2v) is 7.71. The minimum atomic E-state index is -0.661. The van der Waals surface area contributed by atoms with Crippen LogP contribution in [0.2, 0.25) is 0 Å². The lowest BCUT2D eigenvalue weighted by Gasteiger charge is -2.39. The van der Waals surface area contributed by atoms with Crippen LogP contribution in [-0.4, -0.2) is 43.2 Å². The molecular formula is C26H24N2O4. The molecule has 6 heteroatoms. The molecular weight excluding hydrogens is 404 g/mol. The minimum absolute atomic E-state index is 0.117. The van der Waals surface area contributed by atoms with E-state index in [-0.39, 0.29) is 24.1 Å². The van der Waals surface area contributed by atoms with Crippen molar-refractivity contribution in [3.8, 4) is 5.75 Å². The van der Waals surface area contributed by atoms with Crippen LogP contribution in [0.3, 0.4) is 0 Å². The number of hydrogen-bond donors (Lipinski definition) is 1. The zero-order chi connectivity index (χ0) is 22.7. The van der Waals surface area contributed by atoms with Crippen molar-refractivity contribution in [3.05, 3.63) is 101 Å². The van der Waals surface area contributed by atoms with Crippen LogP contribution >= 0.6 is 0 Å². The summed E-state index contributed by atoms with van der Waals surface area (Å²) >= 11 is 0. The Hall–Kier alpha value is -3.93. The van der Waals surface area contributed by atoms with Gasteiger partial charge < -0.3 is 15.0 Å². The van der Waals surface area contributed by atoms with E-state index in [2.05, 4.69) is 5.32 Å². The lowest BCUT2D eigenvalue weighted by atomic mass is 9.79. The highest BCUT2D eigenvalue weighted by Crippen LogP contribution is 2.42. The summed E-state index contributed by atoms with van der Waals surface area (Å²) in [6, 6.07) is 22.8. The molecule has 1 heterocycles. The summed E-state index contributed by atoms with van der Waals surface area (Å²) in [6.07, 6.45) is 0. The van der Waals surface area contributed by atoms with E-state index >= 15 is 0 Å². The normalized spacial score (nSPS) is 17.4. The summed E-state index contributed by atoms with van der Waals surface area (Å²) in [5.41, 5.74) is 2.50. The van der Waals surface area contributed by atoms with Crippen molar-refractivity contribution in [1.29, 1.82) is 0 Å². The number of ketones is 1. The molecule has 4 rings (SSSR count). The predicted molar refractivity (Wildman–Crippen MR) is 121 cm³/mol. The second-order valence-electron chi connectivity index (χ2n) is 7.71. The minimum Gasteiger partial charge on any atom is -0.497 e. The van der Waals surface area contributed by atoms with Crippen molar-refractivity contribution < 1.29 is 19.1 Å². The third-order valence-corrected chi connectivity index (χ3v) is 5.84. The number of benzene rings is 3. The summed E-state index contributed by atoms with van der Waals surface area (Å²) in [4.78, 5) is 40.6. The van der Waals surface area contributed by atoms with E-state index in [0.29, 0.717) is 22.4 Å². The molecule has 2 atom stereocenters. The molecule has 1 N–H and O–H groups in total. The summed E-state index contributed by atoms with van der Waals surface area (Å²) < 4.78 is 5.24. The quantitative estimate of drug-likeness (QED) is 0.609. The molecule has 32 heavy (non-hydrogen) atoms. The van der Waals surface area contributed by atoms with Crippen LogP contribution in [0.5, 0.6) is 5.75 Å². The third kappa shape index (κ3) is 3.99. The van der Waals surface area contributed by atoms with Crippen LogP contribution in [0.15, 0.2) is 78.9 Å². The molecule has 0 unspecified atom stereocenters. The Morgan fingerprint density at radius 3 is 2.28 bits per heavy atom. The second kappa shape index (κ2) is 9.06. The van der Waals surface area contributed by atoms with E-state index in [0.717, 1.165) is 5.56 Å². The lowest BCUT2D eigenvalue weighted by molar-refractivity contribution is -0.123. The molecule has 0 spiro atoms. The number of ether oxygens (including phenoxy) is 1. The van der Waals surface area contributed by atoms with Crippen LogP contribution < -0.4 is 10.1 Å². The molecule has 0 bridgehead atoms. The zero-order valence-corrected chi connectivity index (χ0v) is 17.9. The number of likely N-dealkylation sites (N-methyl/N-ethyl adjacent to an activating group) is 1. The van der Waals surface area contributed by atoms with Gasteiger partial charge in [0.1, 0.15) is 5.75 Å². The lowest BCUT2D eigenvalue weighted by Crippen LogP contribution is -2.46. The van der Waals surface area contributed by atoms with Gasteiger partial charge in [0.15, 0.2) is 5.78 Å². The molecule has 3 aromatic rings. The van der Waals surface area contributed by atoms with Crippen LogP contribution in [0, 0.1) is 0 Å². The van der Waals surface area contributed by atoms with Gasteiger partial charge in [-0.2, -0.15) is 0 Å². The molecule has 1 aliphatic rings. The Morgan fingerprint density at radius 2 is 1.59 bits per heavy atom. The zero-order valence-electron chi connectivity index (χ0n) is 17.9. The van der Waals surface area contributed by atoms with Crippen molar-refractivity contribution >= 4 is 17.6 Å². The number of Topliss-reactive ketones (excluding diaryl/α,β-unsaturated/α-hetero) is 1. The summed E-state index contributed by atoms with van der Waals surface area (Å²) in [5, 5.41) is 2.80. The Kier molecular flexibility index (Phi) is 6.03. The van der Waals surface area contributed by atoms with Gasteiger partial charge in [0, 0.05) is 18.2 Å². The highest BCUT2D eigenvalue weighted by atomic mass is 16.5. The predicted octanol–water partition coefficient (Wildman–Crippen LogP) is 3.60. The first-order chi connectivity index (χ1) is 15.5. The Labute approximate surface area is 186 Å². The molecule has 0 radical (unpaired) electrons. The Bertz CT molecular complexity index is 1140. The number of nitrogens with one attached hydrogen (secondary N) is 1. The number of nitrogens with zero attached hydrogens (tertiary/aromatic N) is 1. The van der Waals surface area contributed by atoms with E-state index in [1.165, 1.54) is 0 Å². The van der Waals surface area contributed by atoms with Gasteiger partial charge in [-0.05, 0) is 29.3 Å². The van der Waals surface area contributed by atoms with Crippen molar-refractivity contribution in [2.24, 2.45) is 0 Å². The number of carbonyl (C=O) groups excluding carboxylic acids is 3. The Balaban J connectivity index is 1.67. The van der Waals surface area contributed by atoms with Gasteiger partial charge in [0.2, 0.25) is 5.91 Å². The van der Waals surface area contributed by atoms with Crippen LogP contribution in [0.4, 0.5) is 0 Å². The number of methoxy groups -OCH3 is 1. The van der Waals surface area contributed by atoms with Crippen LogP contribution in [0.1, 0.15) is 43.8 Å². The van der Waals surface area contributed by atoms with Crippen LogP contribution in [0.25, 0.3) is 0 Å². The van der Waals surface area contributed by atoms with E-state index < -0.39 is 12.0 Å². The number of fused-ring (bicyclic) bond motifs is 1. The molecule has 1 aliphatic heterocycles. The standard InChI is InChI=1S/C26H24N2O4/c1-28-24(18-12-14-19(32-2)15-13-18)23(20-10-6-7-11-21(20)26(28)31)25(30)27-16-22(29)17-8-4-3-5-9-17/h3-15,23-24H,16H2,1-2H3,(H,27,30)/t23-,24+/m1/s1. The average Bonchev–Trinajstić information content (AvgIpc) is 2.85. The highest BCUT2D eigenvalue weighted by molar-refractivity contribution is 6.03. The number of carbonyl (C=O) groups is 3. The van der Waals surface area contributed by atoms with Gasteiger partial charge in [0.25, 0.3) is 5.91 Å². The summed E-state index contributed by atoms with van der Waals surface area (Å²) in [5.74, 6) is -0.597. The van der Waals surface area contributed by atoms with Gasteiger partial charge in [-0.25, -0.2) is 0 Å². The summed E-state index contributed by atoms with van der Waals surface area (Å²) in [7, 11) is 3.28. The van der Waals surface area contributed by atoms with Gasteiger partial charge in [-0.1, -0.05) is 60.7 Å². The number of rotatable bonds is 6. The van der Waals surface area contributed by atoms with Gasteiger partial charge in [0.05, 0.1) is 25.6 Å². The first kappa shape index (κ1) is 21.3. The first-order valence-corrected chi connectivity index (χ1v) is 10.4. The van der Waals surface area contributed by atoms with Crippen LogP contribution in [-0.2, 0) is 4.79 Å². The number of hydrogen-bond acceptors (Lipinski definition) is 4. The van der Waals surface area contributed by atoms with Gasteiger partial charge in [-0.15, -0.1) is 0 Å². The SMILES string of the molecule is COc1ccc([C@H]2[C@H](C(=O)NCC(=O)c3ccccc3)c3ccccc3C(=O)N2C)cc1. The Morgan fingerprint density at radius 1 is 0.938 bits per heavy atom.